The standard InChI is InChI=1S/C18H24O2Si/c1-19-21(20-2,17-10-6-7-11-17)18-13-12-16(14-18)15-8-4-3-5-9-15/h3-5,8-9,12-14,17-18H,6-7,10-11H2,1-2H3. The van der Waals surface area contributed by atoms with Crippen LogP contribution in [-0.4, -0.2) is 22.8 Å². The number of hydrogen-bond donors (Lipinski definition) is 0. The van der Waals surface area contributed by atoms with Gasteiger partial charge in [-0.1, -0.05) is 61.4 Å². The van der Waals surface area contributed by atoms with Crippen molar-refractivity contribution in [3.05, 3.63) is 54.1 Å². The second-order valence-electron chi connectivity index (χ2n) is 5.98. The van der Waals surface area contributed by atoms with Gasteiger partial charge in [0.05, 0.1) is 0 Å². The fourth-order valence-corrected chi connectivity index (χ4v) is 7.79. The minimum atomic E-state index is -2.22. The zero-order valence-electron chi connectivity index (χ0n) is 12.9. The van der Waals surface area contributed by atoms with Crippen molar-refractivity contribution in [2.75, 3.05) is 14.2 Å². The normalized spacial score (nSPS) is 22.8. The summed E-state index contributed by atoms with van der Waals surface area (Å²) in [6.45, 7) is 0. The molecule has 1 fully saturated rings. The third kappa shape index (κ3) is 2.66. The van der Waals surface area contributed by atoms with Crippen molar-refractivity contribution in [1.29, 1.82) is 0 Å². The molecule has 0 saturated heterocycles. The Kier molecular flexibility index (Phi) is 4.43. The molecule has 3 heteroatoms. The van der Waals surface area contributed by atoms with Crippen LogP contribution in [0.2, 0.25) is 11.1 Å². The smallest absolute Gasteiger partial charge is 0.351 e. The summed E-state index contributed by atoms with van der Waals surface area (Å²) in [5, 5.41) is 0. The Morgan fingerprint density at radius 3 is 2.29 bits per heavy atom. The van der Waals surface area contributed by atoms with E-state index in [1.165, 1.54) is 36.8 Å². The van der Waals surface area contributed by atoms with Crippen LogP contribution in [0.3, 0.4) is 0 Å². The van der Waals surface area contributed by atoms with E-state index >= 15 is 0 Å². The average molecular weight is 300 g/mol. The SMILES string of the molecule is CO[Si](OC)(C1C=CC(c2ccccc2)=C1)C1CCCC1. The maximum atomic E-state index is 6.06. The van der Waals surface area contributed by atoms with Gasteiger partial charge in [-0.05, 0) is 24.0 Å². The lowest BCUT2D eigenvalue weighted by molar-refractivity contribution is 0.225. The van der Waals surface area contributed by atoms with Crippen LogP contribution in [0.15, 0.2) is 48.6 Å². The lowest BCUT2D eigenvalue weighted by Crippen LogP contribution is -2.47. The van der Waals surface area contributed by atoms with E-state index in [2.05, 4.69) is 48.6 Å². The monoisotopic (exact) mass is 300 g/mol. The predicted octanol–water partition coefficient (Wildman–Crippen LogP) is 4.69. The second-order valence-corrected chi connectivity index (χ2v) is 9.73. The van der Waals surface area contributed by atoms with Crippen LogP contribution >= 0.6 is 0 Å². The van der Waals surface area contributed by atoms with Gasteiger partial charge >= 0.3 is 8.56 Å². The molecule has 0 N–H and O–H groups in total. The molecule has 0 aliphatic heterocycles. The maximum absolute atomic E-state index is 6.06. The molecule has 0 heterocycles. The first kappa shape index (κ1) is 14.8. The molecule has 1 unspecified atom stereocenters. The summed E-state index contributed by atoms with van der Waals surface area (Å²) in [4.78, 5) is 0. The molecule has 112 valence electrons. The van der Waals surface area contributed by atoms with Gasteiger partial charge in [0.1, 0.15) is 0 Å². The molecule has 2 nitrogen and oxygen atoms in total. The van der Waals surface area contributed by atoms with E-state index in [1.54, 1.807) is 0 Å². The summed E-state index contributed by atoms with van der Waals surface area (Å²) in [5.41, 5.74) is 3.52. The Morgan fingerprint density at radius 2 is 1.67 bits per heavy atom. The molecular weight excluding hydrogens is 276 g/mol. The first-order chi connectivity index (χ1) is 10.3. The highest BCUT2D eigenvalue weighted by molar-refractivity contribution is 6.71. The van der Waals surface area contributed by atoms with Crippen molar-refractivity contribution in [3.8, 4) is 0 Å². The first-order valence-corrected chi connectivity index (χ1v) is 9.83. The molecule has 0 amide bonds. The van der Waals surface area contributed by atoms with Crippen molar-refractivity contribution in [3.63, 3.8) is 0 Å². The summed E-state index contributed by atoms with van der Waals surface area (Å²) < 4.78 is 12.1. The van der Waals surface area contributed by atoms with E-state index in [0.29, 0.717) is 11.1 Å². The molecule has 0 spiro atoms. The molecule has 1 aromatic rings. The average Bonchev–Trinajstić information content (AvgIpc) is 3.22. The van der Waals surface area contributed by atoms with E-state index in [9.17, 15) is 0 Å². The molecule has 1 atom stereocenters. The predicted molar refractivity (Wildman–Crippen MR) is 89.3 cm³/mol. The van der Waals surface area contributed by atoms with Crippen LogP contribution in [-0.2, 0) is 8.85 Å². The fraction of sp³-hybridized carbons (Fsp3) is 0.444. The molecule has 21 heavy (non-hydrogen) atoms. The van der Waals surface area contributed by atoms with Crippen LogP contribution in [0.25, 0.3) is 5.57 Å². The number of rotatable bonds is 5. The third-order valence-electron chi connectivity index (χ3n) is 4.98. The zero-order valence-corrected chi connectivity index (χ0v) is 13.9. The number of allylic oxidation sites excluding steroid dienone is 4. The van der Waals surface area contributed by atoms with Gasteiger partial charge in [0, 0.05) is 25.3 Å². The molecule has 1 aromatic carbocycles. The topological polar surface area (TPSA) is 18.5 Å². The van der Waals surface area contributed by atoms with Crippen LogP contribution in [0.1, 0.15) is 31.2 Å². The highest BCUT2D eigenvalue weighted by Crippen LogP contribution is 2.48. The van der Waals surface area contributed by atoms with Crippen LogP contribution in [0.4, 0.5) is 0 Å². The Balaban J connectivity index is 1.88. The van der Waals surface area contributed by atoms with Crippen molar-refractivity contribution in [2.45, 2.75) is 36.8 Å². The van der Waals surface area contributed by atoms with Crippen LogP contribution in [0, 0.1) is 0 Å². The quantitative estimate of drug-likeness (QED) is 0.735. The maximum Gasteiger partial charge on any atom is 0.351 e. The Bertz CT molecular complexity index is 525. The zero-order chi connectivity index (χ0) is 14.7. The van der Waals surface area contributed by atoms with E-state index < -0.39 is 8.56 Å². The largest absolute Gasteiger partial charge is 0.397 e. The Morgan fingerprint density at radius 1 is 1.00 bits per heavy atom. The molecule has 2 aliphatic rings. The van der Waals surface area contributed by atoms with Crippen molar-refractivity contribution >= 4 is 14.1 Å². The van der Waals surface area contributed by atoms with E-state index in [4.69, 9.17) is 8.85 Å². The summed E-state index contributed by atoms with van der Waals surface area (Å²) >= 11 is 0. The molecule has 0 aromatic heterocycles. The van der Waals surface area contributed by atoms with E-state index in [-0.39, 0.29) is 0 Å². The van der Waals surface area contributed by atoms with Gasteiger partial charge in [0.25, 0.3) is 0 Å². The Hall–Kier alpha value is -1.16. The van der Waals surface area contributed by atoms with Crippen molar-refractivity contribution in [2.24, 2.45) is 0 Å². The number of hydrogen-bond acceptors (Lipinski definition) is 2. The van der Waals surface area contributed by atoms with Crippen LogP contribution in [0.5, 0.6) is 0 Å². The first-order valence-electron chi connectivity index (χ1n) is 7.86. The third-order valence-corrected chi connectivity index (χ3v) is 9.26. The van der Waals surface area contributed by atoms with Crippen molar-refractivity contribution < 1.29 is 8.85 Å². The number of benzene rings is 1. The summed E-state index contributed by atoms with van der Waals surface area (Å²) in [7, 11) is 1.47. The highest BCUT2D eigenvalue weighted by Gasteiger charge is 2.51. The van der Waals surface area contributed by atoms with Gasteiger partial charge in [-0.2, -0.15) is 0 Å². The van der Waals surface area contributed by atoms with Gasteiger partial charge < -0.3 is 8.85 Å². The van der Waals surface area contributed by atoms with E-state index in [0.717, 1.165) is 0 Å². The molecule has 1 saturated carbocycles. The van der Waals surface area contributed by atoms with Gasteiger partial charge in [0.15, 0.2) is 0 Å². The van der Waals surface area contributed by atoms with Crippen LogP contribution < -0.4 is 0 Å². The summed E-state index contributed by atoms with van der Waals surface area (Å²) in [6, 6.07) is 10.6. The summed E-state index contributed by atoms with van der Waals surface area (Å²) in [5.74, 6) is 0. The molecule has 3 rings (SSSR count). The molecule has 0 radical (unpaired) electrons. The lowest BCUT2D eigenvalue weighted by atomic mass is 10.1. The van der Waals surface area contributed by atoms with Gasteiger partial charge in [-0.3, -0.25) is 0 Å². The van der Waals surface area contributed by atoms with Gasteiger partial charge in [-0.25, -0.2) is 0 Å². The second kappa shape index (κ2) is 6.30. The lowest BCUT2D eigenvalue weighted by Gasteiger charge is -2.36. The van der Waals surface area contributed by atoms with E-state index in [1.807, 2.05) is 14.2 Å². The summed E-state index contributed by atoms with van der Waals surface area (Å²) in [6.07, 6.45) is 12.0. The molecule has 0 bridgehead atoms. The minimum absolute atomic E-state index is 0.325. The van der Waals surface area contributed by atoms with Crippen molar-refractivity contribution in [1.82, 2.24) is 0 Å². The Labute approximate surface area is 128 Å². The molecular formula is C18H24O2Si. The molecule has 2 aliphatic carbocycles. The fourth-order valence-electron chi connectivity index (χ4n) is 3.87. The van der Waals surface area contributed by atoms with Gasteiger partial charge in [-0.15, -0.1) is 0 Å². The minimum Gasteiger partial charge on any atom is -0.397 e. The highest BCUT2D eigenvalue weighted by atomic mass is 28.4. The van der Waals surface area contributed by atoms with Gasteiger partial charge in [0.2, 0.25) is 0 Å².